The van der Waals surface area contributed by atoms with Crippen LogP contribution in [0.5, 0.6) is 5.75 Å². The molecule has 3 heterocycles. The van der Waals surface area contributed by atoms with Crippen molar-refractivity contribution >= 4 is 17.4 Å². The van der Waals surface area contributed by atoms with Crippen molar-refractivity contribution < 1.29 is 9.53 Å². The number of hydrogen-bond acceptors (Lipinski definition) is 5. The Bertz CT molecular complexity index is 937. The van der Waals surface area contributed by atoms with Gasteiger partial charge in [-0.1, -0.05) is 12.1 Å². The average molecular weight is 349 g/mol. The van der Waals surface area contributed by atoms with E-state index >= 15 is 0 Å². The molecule has 4 rings (SSSR count). The summed E-state index contributed by atoms with van der Waals surface area (Å²) in [6.07, 6.45) is 4.22. The summed E-state index contributed by atoms with van der Waals surface area (Å²) in [5.74, 6) is 1.15. The van der Waals surface area contributed by atoms with Crippen molar-refractivity contribution in [1.29, 1.82) is 0 Å². The summed E-state index contributed by atoms with van der Waals surface area (Å²) in [5.41, 5.74) is 3.46. The standard InChI is InChI=1S/C19H19N5O2/c1-26-17-7-3-2-6-16(17)22-18-14(5-4-9-20-18)19(25)24-10-8-15-13(12-24)11-21-23-15/h2-7,9,11H,8,10,12H2,1H3,(H,20,22)(H,21,23). The van der Waals surface area contributed by atoms with Crippen LogP contribution >= 0.6 is 0 Å². The fourth-order valence-corrected chi connectivity index (χ4v) is 3.12. The number of fused-ring (bicyclic) bond motifs is 1. The summed E-state index contributed by atoms with van der Waals surface area (Å²) in [6.45, 7) is 1.20. The smallest absolute Gasteiger partial charge is 0.257 e. The van der Waals surface area contributed by atoms with Crippen LogP contribution in [0.25, 0.3) is 0 Å². The third-order valence-corrected chi connectivity index (χ3v) is 4.49. The second-order valence-corrected chi connectivity index (χ2v) is 6.08. The molecule has 1 amide bonds. The topological polar surface area (TPSA) is 83.1 Å². The number of hydrogen-bond donors (Lipinski definition) is 2. The molecule has 132 valence electrons. The van der Waals surface area contributed by atoms with E-state index in [4.69, 9.17) is 4.74 Å². The molecule has 3 aromatic rings. The van der Waals surface area contributed by atoms with Gasteiger partial charge in [0, 0.05) is 37.0 Å². The van der Waals surface area contributed by atoms with Gasteiger partial charge in [0.15, 0.2) is 0 Å². The zero-order valence-electron chi connectivity index (χ0n) is 14.4. The van der Waals surface area contributed by atoms with Crippen LogP contribution in [0.4, 0.5) is 11.5 Å². The molecule has 0 unspecified atom stereocenters. The first-order valence-corrected chi connectivity index (χ1v) is 8.41. The molecule has 0 bridgehead atoms. The number of benzene rings is 1. The van der Waals surface area contributed by atoms with E-state index in [1.165, 1.54) is 0 Å². The van der Waals surface area contributed by atoms with Crippen LogP contribution in [-0.4, -0.2) is 39.6 Å². The van der Waals surface area contributed by atoms with Gasteiger partial charge in [-0.15, -0.1) is 0 Å². The van der Waals surface area contributed by atoms with Gasteiger partial charge in [-0.2, -0.15) is 5.10 Å². The van der Waals surface area contributed by atoms with Crippen LogP contribution in [0.1, 0.15) is 21.6 Å². The molecule has 1 aliphatic heterocycles. The quantitative estimate of drug-likeness (QED) is 0.757. The van der Waals surface area contributed by atoms with E-state index in [9.17, 15) is 4.79 Å². The average Bonchev–Trinajstić information content (AvgIpc) is 3.16. The molecule has 0 fully saturated rings. The minimum absolute atomic E-state index is 0.0534. The molecule has 2 aromatic heterocycles. The molecule has 0 radical (unpaired) electrons. The molecule has 1 aliphatic rings. The van der Waals surface area contributed by atoms with Crippen molar-refractivity contribution in [1.82, 2.24) is 20.1 Å². The number of methoxy groups -OCH3 is 1. The third-order valence-electron chi connectivity index (χ3n) is 4.49. The zero-order chi connectivity index (χ0) is 17.9. The Morgan fingerprint density at radius 3 is 3.04 bits per heavy atom. The number of ether oxygens (including phenoxy) is 1. The van der Waals surface area contributed by atoms with Crippen LogP contribution in [0.2, 0.25) is 0 Å². The van der Waals surface area contributed by atoms with Gasteiger partial charge in [0.2, 0.25) is 0 Å². The predicted molar refractivity (Wildman–Crippen MR) is 97.5 cm³/mol. The molecule has 0 aliphatic carbocycles. The van der Waals surface area contributed by atoms with E-state index in [2.05, 4.69) is 20.5 Å². The highest BCUT2D eigenvalue weighted by molar-refractivity contribution is 5.99. The summed E-state index contributed by atoms with van der Waals surface area (Å²) in [4.78, 5) is 19.3. The maximum Gasteiger partial charge on any atom is 0.257 e. The molecule has 1 aromatic carbocycles. The van der Waals surface area contributed by atoms with Crippen molar-refractivity contribution in [3.63, 3.8) is 0 Å². The van der Waals surface area contributed by atoms with Gasteiger partial charge in [0.1, 0.15) is 11.6 Å². The fourth-order valence-electron chi connectivity index (χ4n) is 3.12. The Morgan fingerprint density at radius 2 is 2.15 bits per heavy atom. The van der Waals surface area contributed by atoms with Crippen LogP contribution in [0.3, 0.4) is 0 Å². The van der Waals surface area contributed by atoms with Crippen molar-refractivity contribution in [2.24, 2.45) is 0 Å². The van der Waals surface area contributed by atoms with E-state index < -0.39 is 0 Å². The van der Waals surface area contributed by atoms with E-state index in [0.717, 1.165) is 23.4 Å². The van der Waals surface area contributed by atoms with Crippen molar-refractivity contribution in [3.8, 4) is 5.75 Å². The second kappa shape index (κ2) is 6.87. The van der Waals surface area contributed by atoms with Crippen LogP contribution in [-0.2, 0) is 13.0 Å². The Morgan fingerprint density at radius 1 is 1.27 bits per heavy atom. The number of para-hydroxylation sites is 2. The highest BCUT2D eigenvalue weighted by Crippen LogP contribution is 2.28. The number of aromatic amines is 1. The fraction of sp³-hybridized carbons (Fsp3) is 0.211. The Hall–Kier alpha value is -3.35. The minimum atomic E-state index is -0.0534. The molecule has 7 nitrogen and oxygen atoms in total. The first-order valence-electron chi connectivity index (χ1n) is 8.41. The molecular weight excluding hydrogens is 330 g/mol. The molecule has 0 saturated heterocycles. The highest BCUT2D eigenvalue weighted by Gasteiger charge is 2.25. The lowest BCUT2D eigenvalue weighted by molar-refractivity contribution is 0.0735. The number of amides is 1. The maximum absolute atomic E-state index is 13.1. The molecule has 0 spiro atoms. The lowest BCUT2D eigenvalue weighted by Gasteiger charge is -2.27. The highest BCUT2D eigenvalue weighted by atomic mass is 16.5. The lowest BCUT2D eigenvalue weighted by atomic mass is 10.1. The van der Waals surface area contributed by atoms with Gasteiger partial charge < -0.3 is 15.0 Å². The lowest BCUT2D eigenvalue weighted by Crippen LogP contribution is -2.36. The Labute approximate surface area is 151 Å². The van der Waals surface area contributed by atoms with Gasteiger partial charge in [-0.05, 0) is 24.3 Å². The zero-order valence-corrected chi connectivity index (χ0v) is 14.4. The maximum atomic E-state index is 13.1. The number of pyridine rings is 1. The van der Waals surface area contributed by atoms with E-state index in [-0.39, 0.29) is 5.91 Å². The first kappa shape index (κ1) is 16.1. The Kier molecular flexibility index (Phi) is 4.27. The van der Waals surface area contributed by atoms with Gasteiger partial charge in [0.25, 0.3) is 5.91 Å². The predicted octanol–water partition coefficient (Wildman–Crippen LogP) is 2.76. The van der Waals surface area contributed by atoms with Gasteiger partial charge in [-0.3, -0.25) is 9.89 Å². The normalized spacial score (nSPS) is 13.2. The Balaban J connectivity index is 1.61. The molecule has 0 atom stereocenters. The summed E-state index contributed by atoms with van der Waals surface area (Å²) in [7, 11) is 1.61. The summed E-state index contributed by atoms with van der Waals surface area (Å²) in [5, 5.41) is 10.3. The van der Waals surface area contributed by atoms with Gasteiger partial charge in [-0.25, -0.2) is 4.98 Å². The number of nitrogens with one attached hydrogen (secondary N) is 2. The second-order valence-electron chi connectivity index (χ2n) is 6.08. The summed E-state index contributed by atoms with van der Waals surface area (Å²) in [6, 6.07) is 11.1. The molecule has 7 heteroatoms. The van der Waals surface area contributed by atoms with Crippen molar-refractivity contribution in [2.45, 2.75) is 13.0 Å². The van der Waals surface area contributed by atoms with E-state index in [0.29, 0.717) is 30.2 Å². The van der Waals surface area contributed by atoms with Gasteiger partial charge in [0.05, 0.1) is 24.6 Å². The number of nitrogens with zero attached hydrogens (tertiary/aromatic N) is 3. The first-order chi connectivity index (χ1) is 12.8. The number of rotatable bonds is 4. The number of aromatic nitrogens is 3. The molecule has 2 N–H and O–H groups in total. The SMILES string of the molecule is COc1ccccc1Nc1ncccc1C(=O)N1CCc2[nH]ncc2C1. The van der Waals surface area contributed by atoms with Crippen molar-refractivity contribution in [3.05, 3.63) is 65.6 Å². The number of H-pyrrole nitrogens is 1. The van der Waals surface area contributed by atoms with Crippen LogP contribution in [0, 0.1) is 0 Å². The van der Waals surface area contributed by atoms with Crippen LogP contribution in [0.15, 0.2) is 48.8 Å². The number of carbonyl (C=O) groups is 1. The summed E-state index contributed by atoms with van der Waals surface area (Å²) >= 11 is 0. The van der Waals surface area contributed by atoms with Crippen LogP contribution < -0.4 is 10.1 Å². The minimum Gasteiger partial charge on any atom is -0.495 e. The number of carbonyl (C=O) groups excluding carboxylic acids is 1. The number of anilines is 2. The largest absolute Gasteiger partial charge is 0.495 e. The van der Waals surface area contributed by atoms with E-state index in [1.54, 1.807) is 31.6 Å². The molecular formula is C19H19N5O2. The monoisotopic (exact) mass is 349 g/mol. The van der Waals surface area contributed by atoms with Crippen molar-refractivity contribution in [2.75, 3.05) is 19.0 Å². The molecule has 26 heavy (non-hydrogen) atoms. The summed E-state index contributed by atoms with van der Waals surface area (Å²) < 4.78 is 5.37. The van der Waals surface area contributed by atoms with Gasteiger partial charge >= 0.3 is 0 Å². The van der Waals surface area contributed by atoms with E-state index in [1.807, 2.05) is 29.2 Å². The molecule has 0 saturated carbocycles. The third kappa shape index (κ3) is 2.99.